The predicted octanol–water partition coefficient (Wildman–Crippen LogP) is 4.61. The molecule has 0 aromatic heterocycles. The number of fused-ring (bicyclic) bond motifs is 1. The number of rotatable bonds is 9. The number of hydrogen-bond donors (Lipinski definition) is 3. The van der Waals surface area contributed by atoms with Gasteiger partial charge in [-0.05, 0) is 66.8 Å². The van der Waals surface area contributed by atoms with Crippen molar-refractivity contribution in [1.82, 2.24) is 5.32 Å². The van der Waals surface area contributed by atoms with Gasteiger partial charge in [-0.25, -0.2) is 8.78 Å². The van der Waals surface area contributed by atoms with Crippen molar-refractivity contribution in [3.05, 3.63) is 71.8 Å². The molecule has 1 amide bonds. The standard InChI is InChI=1S/C24H25F2NO4/c1-24(25,26)18-6-8-20(9-7-18)31-22-4-2-3-16-15-17(5-10-21(16)22)23(30)27-19(11-13-28)12-14-29/h2-10,15,19,28-29H,11-14H2,1H3,(H,27,30). The Morgan fingerprint density at radius 2 is 1.71 bits per heavy atom. The Labute approximate surface area is 179 Å². The Balaban J connectivity index is 1.80. The van der Waals surface area contributed by atoms with Crippen molar-refractivity contribution < 1.29 is 28.5 Å². The third-order valence-electron chi connectivity index (χ3n) is 4.98. The van der Waals surface area contributed by atoms with Crippen LogP contribution in [0.3, 0.4) is 0 Å². The summed E-state index contributed by atoms with van der Waals surface area (Å²) in [6.45, 7) is 0.678. The van der Waals surface area contributed by atoms with Crippen LogP contribution in [0, 0.1) is 0 Å². The lowest BCUT2D eigenvalue weighted by molar-refractivity contribution is 0.0174. The Morgan fingerprint density at radius 1 is 1.03 bits per heavy atom. The van der Waals surface area contributed by atoms with Gasteiger partial charge in [0, 0.05) is 42.7 Å². The van der Waals surface area contributed by atoms with Crippen molar-refractivity contribution in [3.63, 3.8) is 0 Å². The molecule has 3 N–H and O–H groups in total. The second kappa shape index (κ2) is 9.85. The molecule has 0 aliphatic heterocycles. The van der Waals surface area contributed by atoms with E-state index in [9.17, 15) is 13.6 Å². The lowest BCUT2D eigenvalue weighted by Gasteiger charge is -2.17. The first-order chi connectivity index (χ1) is 14.8. The molecule has 3 rings (SSSR count). The van der Waals surface area contributed by atoms with Gasteiger partial charge >= 0.3 is 0 Å². The Bertz CT molecular complexity index is 1030. The molecule has 0 spiro atoms. The van der Waals surface area contributed by atoms with E-state index >= 15 is 0 Å². The smallest absolute Gasteiger partial charge is 0.270 e. The molecule has 0 bridgehead atoms. The van der Waals surface area contributed by atoms with Crippen LogP contribution in [0.2, 0.25) is 0 Å². The van der Waals surface area contributed by atoms with Crippen LogP contribution in [0.1, 0.15) is 35.7 Å². The SMILES string of the molecule is CC(F)(F)c1ccc(Oc2cccc3cc(C(=O)NC(CCO)CCO)ccc23)cc1. The topological polar surface area (TPSA) is 78.8 Å². The van der Waals surface area contributed by atoms with Crippen LogP contribution in [0.5, 0.6) is 11.5 Å². The number of nitrogens with one attached hydrogen (secondary N) is 1. The lowest BCUT2D eigenvalue weighted by Crippen LogP contribution is -2.36. The molecule has 0 aliphatic rings. The number of carbonyl (C=O) groups is 1. The highest BCUT2D eigenvalue weighted by Crippen LogP contribution is 2.33. The first-order valence-corrected chi connectivity index (χ1v) is 10.0. The molecule has 0 radical (unpaired) electrons. The van der Waals surface area contributed by atoms with Crippen LogP contribution < -0.4 is 10.1 Å². The minimum atomic E-state index is -2.91. The largest absolute Gasteiger partial charge is 0.457 e. The Morgan fingerprint density at radius 3 is 2.32 bits per heavy atom. The summed E-state index contributed by atoms with van der Waals surface area (Å²) >= 11 is 0. The fourth-order valence-corrected chi connectivity index (χ4v) is 3.30. The van der Waals surface area contributed by atoms with E-state index in [1.54, 1.807) is 30.3 Å². The molecule has 0 atom stereocenters. The van der Waals surface area contributed by atoms with Crippen molar-refractivity contribution in [3.8, 4) is 11.5 Å². The van der Waals surface area contributed by atoms with Gasteiger partial charge in [-0.1, -0.05) is 12.1 Å². The van der Waals surface area contributed by atoms with Crippen LogP contribution >= 0.6 is 0 Å². The number of ether oxygens (including phenoxy) is 1. The number of aliphatic hydroxyl groups excluding tert-OH is 2. The molecule has 3 aromatic carbocycles. The summed E-state index contributed by atoms with van der Waals surface area (Å²) in [6.07, 6.45) is 0.723. The van der Waals surface area contributed by atoms with Gasteiger partial charge in [0.25, 0.3) is 11.8 Å². The minimum Gasteiger partial charge on any atom is -0.457 e. The molecule has 0 heterocycles. The molecule has 3 aromatic rings. The molecule has 31 heavy (non-hydrogen) atoms. The van der Waals surface area contributed by atoms with Gasteiger partial charge in [-0.15, -0.1) is 0 Å². The molecular formula is C24H25F2NO4. The summed E-state index contributed by atoms with van der Waals surface area (Å²) in [4.78, 5) is 12.6. The summed E-state index contributed by atoms with van der Waals surface area (Å²) in [7, 11) is 0. The average molecular weight is 429 g/mol. The summed E-state index contributed by atoms with van der Waals surface area (Å²) in [5, 5.41) is 22.6. The number of hydrogen-bond acceptors (Lipinski definition) is 4. The highest BCUT2D eigenvalue weighted by molar-refractivity contribution is 6.00. The molecule has 7 heteroatoms. The van der Waals surface area contributed by atoms with Crippen LogP contribution in [0.25, 0.3) is 10.8 Å². The summed E-state index contributed by atoms with van der Waals surface area (Å²) in [5.41, 5.74) is 0.356. The van der Waals surface area contributed by atoms with E-state index in [1.165, 1.54) is 24.3 Å². The molecule has 0 aliphatic carbocycles. The molecule has 164 valence electrons. The maximum absolute atomic E-state index is 13.4. The van der Waals surface area contributed by atoms with Crippen LogP contribution in [0.15, 0.2) is 60.7 Å². The van der Waals surface area contributed by atoms with E-state index in [-0.39, 0.29) is 30.7 Å². The van der Waals surface area contributed by atoms with Crippen molar-refractivity contribution >= 4 is 16.7 Å². The number of carbonyl (C=O) groups excluding carboxylic acids is 1. The van der Waals surface area contributed by atoms with Crippen molar-refractivity contribution in [1.29, 1.82) is 0 Å². The van der Waals surface area contributed by atoms with Gasteiger partial charge in [0.05, 0.1) is 0 Å². The Hall–Kier alpha value is -3.03. The third-order valence-corrected chi connectivity index (χ3v) is 4.98. The van der Waals surface area contributed by atoms with Gasteiger partial charge in [-0.2, -0.15) is 0 Å². The van der Waals surface area contributed by atoms with E-state index in [1.807, 2.05) is 6.07 Å². The number of aliphatic hydroxyl groups is 2. The zero-order chi connectivity index (χ0) is 22.4. The van der Waals surface area contributed by atoms with Gasteiger partial charge in [0.2, 0.25) is 0 Å². The summed E-state index contributed by atoms with van der Waals surface area (Å²) < 4.78 is 32.7. The molecule has 5 nitrogen and oxygen atoms in total. The molecule has 0 unspecified atom stereocenters. The lowest BCUT2D eigenvalue weighted by atomic mass is 10.0. The first-order valence-electron chi connectivity index (χ1n) is 10.0. The zero-order valence-corrected chi connectivity index (χ0v) is 17.1. The predicted molar refractivity (Wildman–Crippen MR) is 115 cm³/mol. The third kappa shape index (κ3) is 5.77. The van der Waals surface area contributed by atoms with E-state index in [0.717, 1.165) is 17.7 Å². The minimum absolute atomic E-state index is 0.0831. The maximum atomic E-state index is 13.4. The van der Waals surface area contributed by atoms with Gasteiger partial charge in [0.1, 0.15) is 11.5 Å². The van der Waals surface area contributed by atoms with E-state index in [2.05, 4.69) is 5.32 Å². The van der Waals surface area contributed by atoms with Crippen molar-refractivity contribution in [2.24, 2.45) is 0 Å². The summed E-state index contributed by atoms with van der Waals surface area (Å²) in [6, 6.07) is 15.9. The molecule has 0 saturated carbocycles. The summed E-state index contributed by atoms with van der Waals surface area (Å²) in [5.74, 6) is -2.24. The van der Waals surface area contributed by atoms with Crippen LogP contribution in [-0.2, 0) is 5.92 Å². The van der Waals surface area contributed by atoms with Gasteiger partial charge < -0.3 is 20.3 Å². The highest BCUT2D eigenvalue weighted by Gasteiger charge is 2.23. The Kier molecular flexibility index (Phi) is 7.20. The van der Waals surface area contributed by atoms with Crippen molar-refractivity contribution in [2.75, 3.05) is 13.2 Å². The fourth-order valence-electron chi connectivity index (χ4n) is 3.30. The molecular weight excluding hydrogens is 404 g/mol. The average Bonchev–Trinajstić information content (AvgIpc) is 2.73. The number of amides is 1. The second-order valence-corrected chi connectivity index (χ2v) is 7.40. The maximum Gasteiger partial charge on any atom is 0.270 e. The number of halogens is 2. The first kappa shape index (κ1) is 22.7. The van der Waals surface area contributed by atoms with Crippen LogP contribution in [0.4, 0.5) is 8.78 Å². The van der Waals surface area contributed by atoms with E-state index < -0.39 is 5.92 Å². The van der Waals surface area contributed by atoms with E-state index in [4.69, 9.17) is 14.9 Å². The zero-order valence-electron chi connectivity index (χ0n) is 17.1. The van der Waals surface area contributed by atoms with Crippen molar-refractivity contribution in [2.45, 2.75) is 31.7 Å². The van der Waals surface area contributed by atoms with Gasteiger partial charge in [-0.3, -0.25) is 4.79 Å². The van der Waals surface area contributed by atoms with Gasteiger partial charge in [0.15, 0.2) is 0 Å². The second-order valence-electron chi connectivity index (χ2n) is 7.40. The number of alkyl halides is 2. The number of benzene rings is 3. The van der Waals surface area contributed by atoms with Crippen LogP contribution in [-0.4, -0.2) is 35.4 Å². The highest BCUT2D eigenvalue weighted by atomic mass is 19.3. The normalized spacial score (nSPS) is 11.7. The monoisotopic (exact) mass is 429 g/mol. The van der Waals surface area contributed by atoms with E-state index in [0.29, 0.717) is 29.9 Å². The molecule has 0 fully saturated rings. The molecule has 0 saturated heterocycles. The fraction of sp³-hybridized carbons (Fsp3) is 0.292. The quantitative estimate of drug-likeness (QED) is 0.464.